The molecule has 1 aromatic rings. The number of likely N-dealkylation sites (tertiary alicyclic amines) is 1. The highest BCUT2D eigenvalue weighted by Gasteiger charge is 2.36. The van der Waals surface area contributed by atoms with E-state index in [2.05, 4.69) is 41.0 Å². The molecule has 3 rings (SSSR count). The largest absolute Gasteiger partial charge is 0.325 e. The minimum Gasteiger partial charge on any atom is -0.325 e. The molecule has 2 aliphatic rings. The van der Waals surface area contributed by atoms with Crippen molar-refractivity contribution in [3.8, 4) is 6.07 Å². The average molecular weight is 312 g/mol. The van der Waals surface area contributed by atoms with Crippen LogP contribution < -0.4 is 10.6 Å². The molecule has 2 saturated heterocycles. The van der Waals surface area contributed by atoms with Gasteiger partial charge in [0.1, 0.15) is 6.04 Å². The first kappa shape index (κ1) is 16.0. The average Bonchev–Trinajstić information content (AvgIpc) is 3.24. The van der Waals surface area contributed by atoms with Crippen molar-refractivity contribution in [2.75, 3.05) is 19.6 Å². The fourth-order valence-corrected chi connectivity index (χ4v) is 3.51. The molecule has 0 aromatic heterocycles. The monoisotopic (exact) mass is 312 g/mol. The zero-order chi connectivity index (χ0) is 16.1. The van der Waals surface area contributed by atoms with Crippen molar-refractivity contribution in [2.24, 2.45) is 0 Å². The fourth-order valence-electron chi connectivity index (χ4n) is 3.51. The van der Waals surface area contributed by atoms with Crippen molar-refractivity contribution in [3.05, 3.63) is 35.9 Å². The Morgan fingerprint density at radius 1 is 1.39 bits per heavy atom. The molecule has 122 valence electrons. The third-order valence-electron chi connectivity index (χ3n) is 4.80. The Balaban J connectivity index is 1.43. The molecular formula is C18H24N4O. The number of rotatable bonds is 5. The zero-order valence-electron chi connectivity index (χ0n) is 13.4. The van der Waals surface area contributed by atoms with Gasteiger partial charge in [0.05, 0.1) is 12.1 Å². The molecule has 2 N–H and O–H groups in total. The summed E-state index contributed by atoms with van der Waals surface area (Å²) in [5, 5.41) is 16.0. The third-order valence-corrected chi connectivity index (χ3v) is 4.80. The van der Waals surface area contributed by atoms with Gasteiger partial charge >= 0.3 is 0 Å². The summed E-state index contributed by atoms with van der Waals surface area (Å²) in [7, 11) is 0. The summed E-state index contributed by atoms with van der Waals surface area (Å²) in [4.78, 5) is 14.3. The lowest BCUT2D eigenvalue weighted by Gasteiger charge is -2.23. The molecule has 1 amide bonds. The normalized spacial score (nSPS) is 27.1. The number of carbonyl (C=O) groups excluding carboxylic acids is 1. The van der Waals surface area contributed by atoms with Crippen LogP contribution in [0.15, 0.2) is 30.3 Å². The quantitative estimate of drug-likeness (QED) is 0.853. The van der Waals surface area contributed by atoms with E-state index in [9.17, 15) is 4.79 Å². The number of hydrogen-bond donors (Lipinski definition) is 2. The van der Waals surface area contributed by atoms with Crippen LogP contribution in [0.3, 0.4) is 0 Å². The van der Waals surface area contributed by atoms with Gasteiger partial charge in [0, 0.05) is 19.1 Å². The third kappa shape index (κ3) is 3.90. The minimum atomic E-state index is -0.227. The van der Waals surface area contributed by atoms with Gasteiger partial charge in [-0.2, -0.15) is 5.26 Å². The predicted octanol–water partition coefficient (Wildman–Crippen LogP) is 1.06. The Morgan fingerprint density at radius 2 is 2.22 bits per heavy atom. The Morgan fingerprint density at radius 3 is 3.00 bits per heavy atom. The second-order valence-corrected chi connectivity index (χ2v) is 6.40. The van der Waals surface area contributed by atoms with Gasteiger partial charge in [-0.25, -0.2) is 0 Å². The second kappa shape index (κ2) is 7.58. The number of nitrogens with zero attached hydrogens (tertiary/aromatic N) is 2. The predicted molar refractivity (Wildman–Crippen MR) is 88.7 cm³/mol. The summed E-state index contributed by atoms with van der Waals surface area (Å²) in [6.45, 7) is 2.46. The molecule has 2 aliphatic heterocycles. The van der Waals surface area contributed by atoms with E-state index in [4.69, 9.17) is 5.26 Å². The Kier molecular flexibility index (Phi) is 5.27. The molecule has 2 heterocycles. The van der Waals surface area contributed by atoms with Crippen LogP contribution >= 0.6 is 0 Å². The first-order chi connectivity index (χ1) is 11.3. The summed E-state index contributed by atoms with van der Waals surface area (Å²) >= 11 is 0. The van der Waals surface area contributed by atoms with Crippen molar-refractivity contribution in [1.82, 2.24) is 15.5 Å². The lowest BCUT2D eigenvalue weighted by molar-refractivity contribution is -0.133. The van der Waals surface area contributed by atoms with E-state index in [1.165, 1.54) is 5.56 Å². The summed E-state index contributed by atoms with van der Waals surface area (Å²) < 4.78 is 0. The SMILES string of the molecule is N#C[C@@H]1CCCN1C(=O)C1CC(NCCc2ccccc2)CN1. The standard InChI is InChI=1S/C18H24N4O/c19-12-16-7-4-10-22(16)18(23)17-11-15(13-21-17)20-9-8-14-5-2-1-3-6-14/h1-3,5-6,15-17,20-21H,4,7-11,13H2/t15?,16-,17?/m0/s1. The summed E-state index contributed by atoms with van der Waals surface area (Å²) in [6, 6.07) is 12.6. The Bertz CT molecular complexity index is 568. The number of carbonyl (C=O) groups is 1. The van der Waals surface area contributed by atoms with Crippen LogP contribution in [0.2, 0.25) is 0 Å². The van der Waals surface area contributed by atoms with Gasteiger partial charge in [0.15, 0.2) is 0 Å². The topological polar surface area (TPSA) is 68.2 Å². The lowest BCUT2D eigenvalue weighted by Crippen LogP contribution is -2.45. The molecule has 0 radical (unpaired) electrons. The van der Waals surface area contributed by atoms with Crippen LogP contribution in [0.5, 0.6) is 0 Å². The van der Waals surface area contributed by atoms with Crippen molar-refractivity contribution >= 4 is 5.91 Å². The zero-order valence-corrected chi connectivity index (χ0v) is 13.4. The van der Waals surface area contributed by atoms with Crippen molar-refractivity contribution < 1.29 is 4.79 Å². The molecule has 5 heteroatoms. The maximum Gasteiger partial charge on any atom is 0.240 e. The Hall–Kier alpha value is -1.90. The van der Waals surface area contributed by atoms with Crippen LogP contribution in [0.4, 0.5) is 0 Å². The van der Waals surface area contributed by atoms with Crippen LogP contribution in [0.1, 0.15) is 24.8 Å². The number of benzene rings is 1. The minimum absolute atomic E-state index is 0.0985. The summed E-state index contributed by atoms with van der Waals surface area (Å²) in [6.07, 6.45) is 3.56. The molecular weight excluding hydrogens is 288 g/mol. The number of amides is 1. The first-order valence-electron chi connectivity index (χ1n) is 8.48. The van der Waals surface area contributed by atoms with Crippen LogP contribution in [-0.2, 0) is 11.2 Å². The smallest absolute Gasteiger partial charge is 0.240 e. The molecule has 1 aromatic carbocycles. The van der Waals surface area contributed by atoms with Gasteiger partial charge in [0.25, 0.3) is 0 Å². The molecule has 23 heavy (non-hydrogen) atoms. The maximum atomic E-state index is 12.5. The van der Waals surface area contributed by atoms with E-state index in [0.717, 1.165) is 45.3 Å². The molecule has 3 atom stereocenters. The van der Waals surface area contributed by atoms with Gasteiger partial charge in [-0.05, 0) is 37.8 Å². The molecule has 0 spiro atoms. The van der Waals surface area contributed by atoms with Gasteiger partial charge < -0.3 is 15.5 Å². The molecule has 2 fully saturated rings. The van der Waals surface area contributed by atoms with E-state index in [-0.39, 0.29) is 18.0 Å². The van der Waals surface area contributed by atoms with Crippen molar-refractivity contribution in [1.29, 1.82) is 5.26 Å². The molecule has 0 aliphatic carbocycles. The molecule has 0 saturated carbocycles. The number of nitrogens with one attached hydrogen (secondary N) is 2. The molecule has 2 unspecified atom stereocenters. The molecule has 5 nitrogen and oxygen atoms in total. The summed E-state index contributed by atoms with van der Waals surface area (Å²) in [5.74, 6) is 0.0985. The Labute approximate surface area is 137 Å². The fraction of sp³-hybridized carbons (Fsp3) is 0.556. The van der Waals surface area contributed by atoms with Gasteiger partial charge in [0.2, 0.25) is 5.91 Å². The lowest BCUT2D eigenvalue weighted by atomic mass is 10.1. The number of nitriles is 1. The maximum absolute atomic E-state index is 12.5. The molecule has 0 bridgehead atoms. The number of hydrogen-bond acceptors (Lipinski definition) is 4. The van der Waals surface area contributed by atoms with E-state index in [1.807, 2.05) is 6.07 Å². The van der Waals surface area contributed by atoms with Crippen LogP contribution in [0, 0.1) is 11.3 Å². The van der Waals surface area contributed by atoms with Gasteiger partial charge in [-0.3, -0.25) is 4.79 Å². The highest BCUT2D eigenvalue weighted by molar-refractivity contribution is 5.83. The highest BCUT2D eigenvalue weighted by Crippen LogP contribution is 2.20. The van der Waals surface area contributed by atoms with E-state index >= 15 is 0 Å². The summed E-state index contributed by atoms with van der Waals surface area (Å²) in [5.41, 5.74) is 1.33. The highest BCUT2D eigenvalue weighted by atomic mass is 16.2. The first-order valence-corrected chi connectivity index (χ1v) is 8.48. The van der Waals surface area contributed by atoms with E-state index in [1.54, 1.807) is 4.90 Å². The van der Waals surface area contributed by atoms with Crippen LogP contribution in [-0.4, -0.2) is 48.6 Å². The van der Waals surface area contributed by atoms with Gasteiger partial charge in [-0.15, -0.1) is 0 Å². The van der Waals surface area contributed by atoms with Crippen molar-refractivity contribution in [3.63, 3.8) is 0 Å². The van der Waals surface area contributed by atoms with Gasteiger partial charge in [-0.1, -0.05) is 30.3 Å². The van der Waals surface area contributed by atoms with Crippen molar-refractivity contribution in [2.45, 2.75) is 43.8 Å². The van der Waals surface area contributed by atoms with E-state index < -0.39 is 0 Å². The second-order valence-electron chi connectivity index (χ2n) is 6.40. The van der Waals surface area contributed by atoms with Crippen LogP contribution in [0.25, 0.3) is 0 Å². The van der Waals surface area contributed by atoms with E-state index in [0.29, 0.717) is 6.04 Å².